The molecule has 18 heavy (non-hydrogen) atoms. The van der Waals surface area contributed by atoms with E-state index in [0.717, 1.165) is 19.4 Å². The van der Waals surface area contributed by atoms with Crippen molar-refractivity contribution in [1.29, 1.82) is 0 Å². The van der Waals surface area contributed by atoms with E-state index in [2.05, 4.69) is 22.4 Å². The highest BCUT2D eigenvalue weighted by molar-refractivity contribution is 5.85. The van der Waals surface area contributed by atoms with E-state index < -0.39 is 0 Å². The van der Waals surface area contributed by atoms with Crippen LogP contribution in [0.3, 0.4) is 0 Å². The quantitative estimate of drug-likeness (QED) is 0.816. The third-order valence-corrected chi connectivity index (χ3v) is 3.37. The van der Waals surface area contributed by atoms with Gasteiger partial charge in [-0.15, -0.1) is 17.5 Å². The summed E-state index contributed by atoms with van der Waals surface area (Å²) in [5.74, 6) is 0.505. The van der Waals surface area contributed by atoms with Gasteiger partial charge < -0.3 is 10.6 Å². The fourth-order valence-corrected chi connectivity index (χ4v) is 2.40. The Morgan fingerprint density at radius 1 is 1.56 bits per heavy atom. The second-order valence-electron chi connectivity index (χ2n) is 4.52. The molecule has 2 heterocycles. The predicted octanol–water partition coefficient (Wildman–Crippen LogP) is -0.319. The van der Waals surface area contributed by atoms with Gasteiger partial charge in [-0.1, -0.05) is 6.92 Å². The molecule has 2 atom stereocenters. The van der Waals surface area contributed by atoms with Crippen LogP contribution in [0.1, 0.15) is 19.8 Å². The van der Waals surface area contributed by atoms with Crippen LogP contribution in [-0.4, -0.2) is 50.1 Å². The molecule has 0 radical (unpaired) electrons. The minimum Gasteiger partial charge on any atom is -0.337 e. The lowest BCUT2D eigenvalue weighted by molar-refractivity contribution is -0.136. The Kier molecular flexibility index (Phi) is 5.49. The SMILES string of the molecule is CC1CCCN(C(=O)Cn2cnnn2)C1CN.Cl. The number of tetrazole rings is 1. The topological polar surface area (TPSA) is 89.9 Å². The molecule has 1 aliphatic rings. The predicted molar refractivity (Wildman–Crippen MR) is 68.0 cm³/mol. The highest BCUT2D eigenvalue weighted by atomic mass is 35.5. The number of piperidine rings is 1. The van der Waals surface area contributed by atoms with Crippen molar-refractivity contribution in [3.8, 4) is 0 Å². The third-order valence-electron chi connectivity index (χ3n) is 3.37. The summed E-state index contributed by atoms with van der Waals surface area (Å²) >= 11 is 0. The van der Waals surface area contributed by atoms with E-state index in [4.69, 9.17) is 5.73 Å². The molecule has 0 bridgehead atoms. The van der Waals surface area contributed by atoms with Crippen LogP contribution in [0.5, 0.6) is 0 Å². The molecule has 2 N–H and O–H groups in total. The molecule has 1 fully saturated rings. The number of carbonyl (C=O) groups is 1. The van der Waals surface area contributed by atoms with E-state index in [-0.39, 0.29) is 30.9 Å². The highest BCUT2D eigenvalue weighted by Crippen LogP contribution is 2.22. The standard InChI is InChI=1S/C10H18N6O.ClH/c1-8-3-2-4-16(9(8)5-11)10(17)6-15-7-12-13-14-15;/h7-9H,2-6,11H2,1H3;1H. The Labute approximate surface area is 112 Å². The molecular formula is C10H19ClN6O. The molecule has 2 unspecified atom stereocenters. The number of amides is 1. The van der Waals surface area contributed by atoms with Crippen LogP contribution < -0.4 is 5.73 Å². The van der Waals surface area contributed by atoms with Crippen LogP contribution in [0, 0.1) is 5.92 Å². The second kappa shape index (κ2) is 6.65. The Balaban J connectivity index is 0.00000162. The van der Waals surface area contributed by atoms with Gasteiger partial charge in [-0.2, -0.15) is 0 Å². The maximum atomic E-state index is 12.1. The number of halogens is 1. The molecule has 0 saturated carbocycles. The van der Waals surface area contributed by atoms with Crippen molar-refractivity contribution in [1.82, 2.24) is 25.1 Å². The first-order valence-electron chi connectivity index (χ1n) is 5.92. The Morgan fingerprint density at radius 3 is 2.94 bits per heavy atom. The number of aromatic nitrogens is 4. The molecule has 1 aromatic rings. The van der Waals surface area contributed by atoms with Crippen LogP contribution in [0.4, 0.5) is 0 Å². The zero-order valence-corrected chi connectivity index (χ0v) is 11.2. The maximum Gasteiger partial charge on any atom is 0.244 e. The van der Waals surface area contributed by atoms with Crippen molar-refractivity contribution >= 4 is 18.3 Å². The summed E-state index contributed by atoms with van der Waals surface area (Å²) in [6.45, 7) is 3.64. The van der Waals surface area contributed by atoms with E-state index >= 15 is 0 Å². The second-order valence-corrected chi connectivity index (χ2v) is 4.52. The monoisotopic (exact) mass is 274 g/mol. The van der Waals surface area contributed by atoms with Crippen LogP contribution in [0.25, 0.3) is 0 Å². The van der Waals surface area contributed by atoms with Crippen molar-refractivity contribution in [3.63, 3.8) is 0 Å². The van der Waals surface area contributed by atoms with Gasteiger partial charge in [0.25, 0.3) is 0 Å². The summed E-state index contributed by atoms with van der Waals surface area (Å²) < 4.78 is 1.44. The summed E-state index contributed by atoms with van der Waals surface area (Å²) in [6.07, 6.45) is 3.62. The van der Waals surface area contributed by atoms with Crippen LogP contribution in [0.2, 0.25) is 0 Å². The average molecular weight is 275 g/mol. The van der Waals surface area contributed by atoms with Gasteiger partial charge in [-0.3, -0.25) is 4.79 Å². The zero-order chi connectivity index (χ0) is 12.3. The molecule has 1 aliphatic heterocycles. The Hall–Kier alpha value is -1.21. The Bertz CT molecular complexity index is 370. The van der Waals surface area contributed by atoms with Crippen LogP contribution >= 0.6 is 12.4 Å². The third kappa shape index (κ3) is 3.17. The number of hydrogen-bond donors (Lipinski definition) is 1. The molecule has 1 amide bonds. The molecule has 2 rings (SSSR count). The number of nitrogens with two attached hydrogens (primary N) is 1. The number of hydrogen-bond acceptors (Lipinski definition) is 5. The number of likely N-dealkylation sites (tertiary alicyclic amines) is 1. The molecule has 0 aliphatic carbocycles. The van der Waals surface area contributed by atoms with Gasteiger partial charge >= 0.3 is 0 Å². The van der Waals surface area contributed by atoms with Gasteiger partial charge in [0.2, 0.25) is 5.91 Å². The summed E-state index contributed by atoms with van der Waals surface area (Å²) in [5.41, 5.74) is 5.75. The Morgan fingerprint density at radius 2 is 2.33 bits per heavy atom. The lowest BCUT2D eigenvalue weighted by Gasteiger charge is -2.39. The lowest BCUT2D eigenvalue weighted by Crippen LogP contribution is -2.52. The number of carbonyl (C=O) groups excluding carboxylic acids is 1. The van der Waals surface area contributed by atoms with Crippen molar-refractivity contribution in [3.05, 3.63) is 6.33 Å². The average Bonchev–Trinajstić information content (AvgIpc) is 2.81. The zero-order valence-electron chi connectivity index (χ0n) is 10.4. The van der Waals surface area contributed by atoms with Gasteiger partial charge in [0.05, 0.1) is 0 Å². The highest BCUT2D eigenvalue weighted by Gasteiger charge is 2.30. The van der Waals surface area contributed by atoms with Crippen molar-refractivity contribution in [2.75, 3.05) is 13.1 Å². The summed E-state index contributed by atoms with van der Waals surface area (Å²) in [4.78, 5) is 14.0. The molecule has 1 aromatic heterocycles. The van der Waals surface area contributed by atoms with E-state index in [1.165, 1.54) is 11.0 Å². The van der Waals surface area contributed by atoms with Gasteiger partial charge in [0, 0.05) is 19.1 Å². The largest absolute Gasteiger partial charge is 0.337 e. The molecule has 0 spiro atoms. The molecular weight excluding hydrogens is 256 g/mol. The van der Waals surface area contributed by atoms with E-state index in [1.807, 2.05) is 4.90 Å². The normalized spacial score (nSPS) is 23.6. The van der Waals surface area contributed by atoms with E-state index in [0.29, 0.717) is 12.5 Å². The van der Waals surface area contributed by atoms with Crippen molar-refractivity contribution < 1.29 is 4.79 Å². The summed E-state index contributed by atoms with van der Waals surface area (Å²) in [7, 11) is 0. The maximum absolute atomic E-state index is 12.1. The number of nitrogens with zero attached hydrogens (tertiary/aromatic N) is 5. The van der Waals surface area contributed by atoms with Crippen molar-refractivity contribution in [2.45, 2.75) is 32.4 Å². The first-order chi connectivity index (χ1) is 8.22. The molecule has 8 heteroatoms. The lowest BCUT2D eigenvalue weighted by atomic mass is 9.91. The first-order valence-corrected chi connectivity index (χ1v) is 5.92. The van der Waals surface area contributed by atoms with E-state index in [9.17, 15) is 4.79 Å². The first kappa shape index (κ1) is 14.8. The fourth-order valence-electron chi connectivity index (χ4n) is 2.40. The smallest absolute Gasteiger partial charge is 0.244 e. The van der Waals surface area contributed by atoms with Crippen molar-refractivity contribution in [2.24, 2.45) is 11.7 Å². The van der Waals surface area contributed by atoms with Gasteiger partial charge in [0.15, 0.2) is 0 Å². The minimum atomic E-state index is 0. The fraction of sp³-hybridized carbons (Fsp3) is 0.800. The van der Waals surface area contributed by atoms with E-state index in [1.54, 1.807) is 0 Å². The molecule has 102 valence electrons. The van der Waals surface area contributed by atoms with Gasteiger partial charge in [-0.05, 0) is 29.2 Å². The van der Waals surface area contributed by atoms with Crippen LogP contribution in [0.15, 0.2) is 6.33 Å². The van der Waals surface area contributed by atoms with Crippen LogP contribution in [-0.2, 0) is 11.3 Å². The molecule has 1 saturated heterocycles. The van der Waals surface area contributed by atoms with Gasteiger partial charge in [0.1, 0.15) is 12.9 Å². The number of rotatable bonds is 3. The van der Waals surface area contributed by atoms with Gasteiger partial charge in [-0.25, -0.2) is 4.68 Å². The summed E-state index contributed by atoms with van der Waals surface area (Å²) in [6, 6.07) is 0.146. The molecule has 7 nitrogen and oxygen atoms in total. The minimum absolute atomic E-state index is 0. The summed E-state index contributed by atoms with van der Waals surface area (Å²) in [5, 5.41) is 10.7. The molecule has 0 aromatic carbocycles.